The zero-order chi connectivity index (χ0) is 17.1. The molecule has 0 bridgehead atoms. The van der Waals surface area contributed by atoms with Gasteiger partial charge in [0.2, 0.25) is 5.69 Å². The number of aromatic nitrogens is 3. The third kappa shape index (κ3) is 3.05. The summed E-state index contributed by atoms with van der Waals surface area (Å²) in [6, 6.07) is 4.13. The lowest BCUT2D eigenvalue weighted by atomic mass is 10.2. The predicted octanol–water partition coefficient (Wildman–Crippen LogP) is 0.611. The van der Waals surface area contributed by atoms with Gasteiger partial charge in [-0.1, -0.05) is 6.07 Å². The molecule has 2 rings (SSSR count). The van der Waals surface area contributed by atoms with Crippen molar-refractivity contribution in [1.29, 1.82) is 0 Å². The van der Waals surface area contributed by atoms with Crippen molar-refractivity contribution in [1.82, 2.24) is 19.7 Å². The fraction of sp³-hybridized carbons (Fsp3) is 0.333. The summed E-state index contributed by atoms with van der Waals surface area (Å²) >= 11 is 0. The van der Waals surface area contributed by atoms with Crippen LogP contribution < -0.4 is 16.6 Å². The van der Waals surface area contributed by atoms with Crippen LogP contribution in [-0.2, 0) is 6.54 Å². The highest BCUT2D eigenvalue weighted by Crippen LogP contribution is 2.11. The van der Waals surface area contributed by atoms with Gasteiger partial charge in [0.25, 0.3) is 11.5 Å². The van der Waals surface area contributed by atoms with Crippen LogP contribution in [0.5, 0.6) is 0 Å². The minimum atomic E-state index is -0.771. The SMILES string of the molecule is CCNC(=O)c1nn(-c2ccc(C)c(F)c2)c(=O)n(CC)c1=O. The summed E-state index contributed by atoms with van der Waals surface area (Å²) in [5.41, 5.74) is -1.35. The van der Waals surface area contributed by atoms with E-state index in [-0.39, 0.29) is 12.2 Å². The number of carbonyl (C=O) groups is 1. The first-order valence-electron chi connectivity index (χ1n) is 7.19. The van der Waals surface area contributed by atoms with E-state index < -0.39 is 28.7 Å². The van der Waals surface area contributed by atoms with E-state index in [1.165, 1.54) is 12.1 Å². The number of hydrogen-bond donors (Lipinski definition) is 1. The number of carbonyl (C=O) groups excluding carboxylic acids is 1. The molecule has 8 heteroatoms. The average Bonchev–Trinajstić information content (AvgIpc) is 2.51. The molecule has 1 N–H and O–H groups in total. The Bertz CT molecular complexity index is 870. The first-order chi connectivity index (χ1) is 10.9. The van der Waals surface area contributed by atoms with Crippen LogP contribution in [0.2, 0.25) is 0 Å². The van der Waals surface area contributed by atoms with Gasteiger partial charge in [-0.2, -0.15) is 9.78 Å². The van der Waals surface area contributed by atoms with E-state index in [2.05, 4.69) is 10.4 Å². The van der Waals surface area contributed by atoms with E-state index in [0.717, 1.165) is 15.3 Å². The highest BCUT2D eigenvalue weighted by molar-refractivity contribution is 5.91. The molecule has 0 atom stereocenters. The summed E-state index contributed by atoms with van der Waals surface area (Å²) in [6.45, 7) is 5.26. The standard InChI is InChI=1S/C15H17FN4O3/c1-4-17-13(21)12-14(22)19(5-2)15(23)20(18-12)10-7-6-9(3)11(16)8-10/h6-8H,4-5H2,1-3H3,(H,17,21). The average molecular weight is 320 g/mol. The lowest BCUT2D eigenvalue weighted by Gasteiger charge is -2.11. The predicted molar refractivity (Wildman–Crippen MR) is 82.5 cm³/mol. The summed E-state index contributed by atoms with van der Waals surface area (Å²) in [5, 5.41) is 6.30. The minimum Gasteiger partial charge on any atom is -0.351 e. The van der Waals surface area contributed by atoms with Crippen molar-refractivity contribution in [2.45, 2.75) is 27.3 Å². The van der Waals surface area contributed by atoms with Crippen molar-refractivity contribution >= 4 is 5.91 Å². The van der Waals surface area contributed by atoms with E-state index in [0.29, 0.717) is 12.1 Å². The topological polar surface area (TPSA) is 86.0 Å². The number of amides is 1. The Balaban J connectivity index is 2.75. The van der Waals surface area contributed by atoms with Crippen molar-refractivity contribution < 1.29 is 9.18 Å². The molecule has 0 unspecified atom stereocenters. The van der Waals surface area contributed by atoms with E-state index in [1.807, 2.05) is 0 Å². The van der Waals surface area contributed by atoms with Crippen LogP contribution in [-0.4, -0.2) is 26.8 Å². The molecule has 1 aromatic heterocycles. The number of rotatable bonds is 4. The van der Waals surface area contributed by atoms with Gasteiger partial charge < -0.3 is 5.32 Å². The van der Waals surface area contributed by atoms with Gasteiger partial charge in [-0.05, 0) is 32.4 Å². The Morgan fingerprint density at radius 3 is 2.57 bits per heavy atom. The molecule has 0 aliphatic heterocycles. The highest BCUT2D eigenvalue weighted by atomic mass is 19.1. The smallest absolute Gasteiger partial charge is 0.351 e. The van der Waals surface area contributed by atoms with Crippen LogP contribution in [0.4, 0.5) is 4.39 Å². The van der Waals surface area contributed by atoms with Crippen LogP contribution in [0, 0.1) is 12.7 Å². The summed E-state index contributed by atoms with van der Waals surface area (Å²) in [6.07, 6.45) is 0. The number of benzene rings is 1. The van der Waals surface area contributed by atoms with E-state index in [4.69, 9.17) is 0 Å². The molecule has 0 spiro atoms. The monoisotopic (exact) mass is 320 g/mol. The molecule has 0 fully saturated rings. The number of halogens is 1. The molecule has 2 aromatic rings. The van der Waals surface area contributed by atoms with Gasteiger partial charge in [-0.25, -0.2) is 9.18 Å². The Labute approximate surface area is 131 Å². The van der Waals surface area contributed by atoms with Crippen LogP contribution in [0.25, 0.3) is 5.69 Å². The van der Waals surface area contributed by atoms with E-state index in [1.54, 1.807) is 20.8 Å². The molecule has 7 nitrogen and oxygen atoms in total. The Kier molecular flexibility index (Phi) is 4.73. The van der Waals surface area contributed by atoms with Crippen molar-refractivity contribution in [3.8, 4) is 5.69 Å². The maximum atomic E-state index is 13.7. The fourth-order valence-corrected chi connectivity index (χ4v) is 2.06. The number of nitrogens with zero attached hydrogens (tertiary/aromatic N) is 3. The van der Waals surface area contributed by atoms with Crippen LogP contribution in [0.15, 0.2) is 27.8 Å². The van der Waals surface area contributed by atoms with Crippen LogP contribution in [0.3, 0.4) is 0 Å². The van der Waals surface area contributed by atoms with Crippen LogP contribution in [0.1, 0.15) is 29.9 Å². The first-order valence-corrected chi connectivity index (χ1v) is 7.19. The van der Waals surface area contributed by atoms with E-state index in [9.17, 15) is 18.8 Å². The molecule has 122 valence electrons. The molecule has 0 saturated heterocycles. The zero-order valence-corrected chi connectivity index (χ0v) is 13.1. The van der Waals surface area contributed by atoms with Gasteiger partial charge in [-0.15, -0.1) is 0 Å². The quantitative estimate of drug-likeness (QED) is 0.894. The molecule has 0 saturated carbocycles. The number of nitrogens with one attached hydrogen (secondary N) is 1. The number of hydrogen-bond acceptors (Lipinski definition) is 4. The van der Waals surface area contributed by atoms with Crippen molar-refractivity contribution in [3.05, 3.63) is 56.1 Å². The molecule has 0 radical (unpaired) electrons. The first kappa shape index (κ1) is 16.6. The third-order valence-corrected chi connectivity index (χ3v) is 3.33. The van der Waals surface area contributed by atoms with Gasteiger partial charge in [0, 0.05) is 19.2 Å². The van der Waals surface area contributed by atoms with Crippen molar-refractivity contribution in [2.75, 3.05) is 6.54 Å². The normalized spacial score (nSPS) is 10.6. The van der Waals surface area contributed by atoms with E-state index >= 15 is 0 Å². The lowest BCUT2D eigenvalue weighted by Crippen LogP contribution is -2.45. The maximum Gasteiger partial charge on any atom is 0.352 e. The molecular formula is C15H17FN4O3. The molecule has 1 aromatic carbocycles. The Morgan fingerprint density at radius 1 is 1.30 bits per heavy atom. The van der Waals surface area contributed by atoms with Crippen molar-refractivity contribution in [3.63, 3.8) is 0 Å². The molecule has 1 heterocycles. The fourth-order valence-electron chi connectivity index (χ4n) is 2.06. The van der Waals surface area contributed by atoms with Crippen LogP contribution >= 0.6 is 0 Å². The minimum absolute atomic E-state index is 0.0704. The number of aryl methyl sites for hydroxylation is 1. The van der Waals surface area contributed by atoms with Gasteiger partial charge >= 0.3 is 5.69 Å². The third-order valence-electron chi connectivity index (χ3n) is 3.33. The second kappa shape index (κ2) is 6.55. The van der Waals surface area contributed by atoms with Crippen molar-refractivity contribution in [2.24, 2.45) is 0 Å². The molecule has 0 aliphatic rings. The summed E-state index contributed by atoms with van der Waals surface area (Å²) in [5.74, 6) is -1.19. The van der Waals surface area contributed by atoms with Gasteiger partial charge in [0.1, 0.15) is 5.82 Å². The summed E-state index contributed by atoms with van der Waals surface area (Å²) < 4.78 is 15.5. The summed E-state index contributed by atoms with van der Waals surface area (Å²) in [4.78, 5) is 36.5. The maximum absolute atomic E-state index is 13.7. The molecule has 1 amide bonds. The highest BCUT2D eigenvalue weighted by Gasteiger charge is 2.19. The lowest BCUT2D eigenvalue weighted by molar-refractivity contribution is 0.0946. The Hall–Kier alpha value is -2.77. The van der Waals surface area contributed by atoms with Gasteiger partial charge in [0.05, 0.1) is 5.69 Å². The summed E-state index contributed by atoms with van der Waals surface area (Å²) in [7, 11) is 0. The molecule has 0 aliphatic carbocycles. The molecular weight excluding hydrogens is 303 g/mol. The second-order valence-electron chi connectivity index (χ2n) is 4.89. The molecule has 23 heavy (non-hydrogen) atoms. The largest absolute Gasteiger partial charge is 0.352 e. The Morgan fingerprint density at radius 2 is 2.00 bits per heavy atom. The van der Waals surface area contributed by atoms with Gasteiger partial charge in [-0.3, -0.25) is 14.2 Å². The zero-order valence-electron chi connectivity index (χ0n) is 13.1. The van der Waals surface area contributed by atoms with Gasteiger partial charge in [0.15, 0.2) is 0 Å². The second-order valence-corrected chi connectivity index (χ2v) is 4.89.